The number of nitrogens with zero attached hydrogens (tertiary/aromatic N) is 2. The number of amides is 3. The minimum atomic E-state index is -0.836. The molecule has 7 nitrogen and oxygen atoms in total. The van der Waals surface area contributed by atoms with Gasteiger partial charge in [0, 0.05) is 38.3 Å². The second-order valence-corrected chi connectivity index (χ2v) is 7.00. The van der Waals surface area contributed by atoms with Crippen molar-refractivity contribution >= 4 is 23.6 Å². The SMILES string of the molecule is O=C1O[C@@H](C(=O)N2CCN(C(=O)Nc3ccc(F)cc3)CC2)Cc2ccccc21. The number of ether oxygens (including phenoxy) is 1. The van der Waals surface area contributed by atoms with Gasteiger partial charge in [-0.25, -0.2) is 14.0 Å². The van der Waals surface area contributed by atoms with Gasteiger partial charge < -0.3 is 19.9 Å². The molecule has 0 unspecified atom stereocenters. The van der Waals surface area contributed by atoms with Crippen molar-refractivity contribution in [2.45, 2.75) is 12.5 Å². The van der Waals surface area contributed by atoms with Gasteiger partial charge in [-0.2, -0.15) is 0 Å². The van der Waals surface area contributed by atoms with E-state index in [4.69, 9.17) is 4.74 Å². The molecular weight excluding hydrogens is 377 g/mol. The van der Waals surface area contributed by atoms with Gasteiger partial charge in [0.2, 0.25) is 0 Å². The molecule has 2 heterocycles. The summed E-state index contributed by atoms with van der Waals surface area (Å²) in [6.45, 7) is 1.42. The van der Waals surface area contributed by atoms with Crippen molar-refractivity contribution in [3.63, 3.8) is 0 Å². The van der Waals surface area contributed by atoms with E-state index in [9.17, 15) is 18.8 Å². The molecule has 1 N–H and O–H groups in total. The van der Waals surface area contributed by atoms with Crippen LogP contribution in [0.15, 0.2) is 48.5 Å². The number of fused-ring (bicyclic) bond motifs is 1. The number of hydrogen-bond acceptors (Lipinski definition) is 4. The summed E-state index contributed by atoms with van der Waals surface area (Å²) in [6, 6.07) is 12.3. The minimum Gasteiger partial charge on any atom is -0.448 e. The highest BCUT2D eigenvalue weighted by atomic mass is 19.1. The summed E-state index contributed by atoms with van der Waals surface area (Å²) in [4.78, 5) is 40.5. The number of piperazine rings is 1. The second-order valence-electron chi connectivity index (χ2n) is 7.00. The van der Waals surface area contributed by atoms with Crippen LogP contribution in [-0.2, 0) is 16.0 Å². The first-order valence-corrected chi connectivity index (χ1v) is 9.40. The maximum atomic E-state index is 13.0. The molecular formula is C21H20FN3O4. The highest BCUT2D eigenvalue weighted by molar-refractivity contribution is 5.96. The van der Waals surface area contributed by atoms with Gasteiger partial charge in [-0.3, -0.25) is 4.79 Å². The number of carbonyl (C=O) groups excluding carboxylic acids is 3. The van der Waals surface area contributed by atoms with E-state index < -0.39 is 12.1 Å². The van der Waals surface area contributed by atoms with Crippen LogP contribution in [0.5, 0.6) is 0 Å². The van der Waals surface area contributed by atoms with Crippen LogP contribution in [0.2, 0.25) is 0 Å². The Morgan fingerprint density at radius 1 is 0.966 bits per heavy atom. The van der Waals surface area contributed by atoms with E-state index in [-0.39, 0.29) is 17.8 Å². The monoisotopic (exact) mass is 397 g/mol. The Morgan fingerprint density at radius 2 is 1.62 bits per heavy atom. The van der Waals surface area contributed by atoms with Crippen LogP contribution in [0, 0.1) is 5.82 Å². The van der Waals surface area contributed by atoms with E-state index in [1.54, 1.807) is 21.9 Å². The van der Waals surface area contributed by atoms with Crippen LogP contribution in [0.4, 0.5) is 14.9 Å². The Kier molecular flexibility index (Phi) is 5.16. The van der Waals surface area contributed by atoms with Gasteiger partial charge >= 0.3 is 12.0 Å². The van der Waals surface area contributed by atoms with E-state index in [0.717, 1.165) is 5.56 Å². The largest absolute Gasteiger partial charge is 0.448 e. The average molecular weight is 397 g/mol. The molecule has 0 aromatic heterocycles. The summed E-state index contributed by atoms with van der Waals surface area (Å²) < 4.78 is 18.3. The van der Waals surface area contributed by atoms with Crippen molar-refractivity contribution in [2.24, 2.45) is 0 Å². The predicted molar refractivity (Wildman–Crippen MR) is 103 cm³/mol. The van der Waals surface area contributed by atoms with Gasteiger partial charge in [-0.15, -0.1) is 0 Å². The number of halogens is 1. The summed E-state index contributed by atoms with van der Waals surface area (Å²) >= 11 is 0. The van der Waals surface area contributed by atoms with Crippen molar-refractivity contribution < 1.29 is 23.5 Å². The Labute approximate surface area is 167 Å². The topological polar surface area (TPSA) is 79.0 Å². The fourth-order valence-corrected chi connectivity index (χ4v) is 3.54. The molecule has 2 aliphatic rings. The molecule has 0 bridgehead atoms. The van der Waals surface area contributed by atoms with Crippen LogP contribution in [-0.4, -0.2) is 60.0 Å². The molecule has 2 aromatic rings. The molecule has 4 rings (SSSR count). The molecule has 0 saturated carbocycles. The van der Waals surface area contributed by atoms with Crippen molar-refractivity contribution in [3.8, 4) is 0 Å². The summed E-state index contributed by atoms with van der Waals surface area (Å²) in [6.07, 6.45) is -0.483. The summed E-state index contributed by atoms with van der Waals surface area (Å²) in [5, 5.41) is 2.71. The van der Waals surface area contributed by atoms with Crippen LogP contribution in [0.3, 0.4) is 0 Å². The third-order valence-electron chi connectivity index (χ3n) is 5.14. The zero-order chi connectivity index (χ0) is 20.4. The fraction of sp³-hybridized carbons (Fsp3) is 0.286. The molecule has 8 heteroatoms. The number of urea groups is 1. The Morgan fingerprint density at radius 3 is 2.34 bits per heavy atom. The Hall–Kier alpha value is -3.42. The zero-order valence-electron chi connectivity index (χ0n) is 15.6. The van der Waals surface area contributed by atoms with E-state index in [1.807, 2.05) is 12.1 Å². The fourth-order valence-electron chi connectivity index (χ4n) is 3.54. The van der Waals surface area contributed by atoms with E-state index in [2.05, 4.69) is 5.32 Å². The highest BCUT2D eigenvalue weighted by Gasteiger charge is 2.35. The van der Waals surface area contributed by atoms with Crippen molar-refractivity contribution in [3.05, 3.63) is 65.5 Å². The highest BCUT2D eigenvalue weighted by Crippen LogP contribution is 2.22. The normalized spacial score (nSPS) is 18.7. The number of anilines is 1. The number of esters is 1. The lowest BCUT2D eigenvalue weighted by atomic mass is 9.98. The maximum absolute atomic E-state index is 13.0. The second kappa shape index (κ2) is 7.90. The third-order valence-corrected chi connectivity index (χ3v) is 5.14. The van der Waals surface area contributed by atoms with Crippen LogP contribution in [0.25, 0.3) is 0 Å². The molecule has 0 aliphatic carbocycles. The van der Waals surface area contributed by atoms with E-state index in [1.165, 1.54) is 24.3 Å². The minimum absolute atomic E-state index is 0.244. The number of cyclic esters (lactones) is 1. The molecule has 2 aromatic carbocycles. The first-order chi connectivity index (χ1) is 14.0. The first-order valence-electron chi connectivity index (χ1n) is 9.40. The Balaban J connectivity index is 1.32. The van der Waals surface area contributed by atoms with Crippen LogP contribution >= 0.6 is 0 Å². The van der Waals surface area contributed by atoms with Gasteiger partial charge in [0.25, 0.3) is 5.91 Å². The van der Waals surface area contributed by atoms with Crippen molar-refractivity contribution in [1.29, 1.82) is 0 Å². The molecule has 0 radical (unpaired) electrons. The van der Waals surface area contributed by atoms with Gasteiger partial charge in [0.1, 0.15) is 5.82 Å². The molecule has 1 fully saturated rings. The van der Waals surface area contributed by atoms with Crippen LogP contribution < -0.4 is 5.32 Å². The summed E-state index contributed by atoms with van der Waals surface area (Å²) in [7, 11) is 0. The number of nitrogens with one attached hydrogen (secondary N) is 1. The van der Waals surface area contributed by atoms with Gasteiger partial charge in [0.15, 0.2) is 6.10 Å². The molecule has 0 spiro atoms. The van der Waals surface area contributed by atoms with Crippen molar-refractivity contribution in [1.82, 2.24) is 9.80 Å². The lowest BCUT2D eigenvalue weighted by Crippen LogP contribution is -2.54. The quantitative estimate of drug-likeness (QED) is 0.789. The summed E-state index contributed by atoms with van der Waals surface area (Å²) in [5.74, 6) is -1.10. The van der Waals surface area contributed by atoms with Gasteiger partial charge in [-0.05, 0) is 35.9 Å². The molecule has 150 valence electrons. The van der Waals surface area contributed by atoms with Gasteiger partial charge in [-0.1, -0.05) is 18.2 Å². The Bertz CT molecular complexity index is 939. The van der Waals surface area contributed by atoms with E-state index in [0.29, 0.717) is 43.9 Å². The molecule has 1 saturated heterocycles. The zero-order valence-corrected chi connectivity index (χ0v) is 15.6. The maximum Gasteiger partial charge on any atom is 0.339 e. The molecule has 2 aliphatic heterocycles. The predicted octanol–water partition coefficient (Wildman–Crippen LogP) is 2.28. The standard InChI is InChI=1S/C21H20FN3O4/c22-15-5-7-16(8-6-15)23-21(28)25-11-9-24(10-12-25)19(26)18-13-14-3-1-2-4-17(14)20(27)29-18/h1-8,18H,9-13H2,(H,23,28)/t18-/m1/s1. The number of carbonyl (C=O) groups is 3. The average Bonchev–Trinajstić information content (AvgIpc) is 2.75. The molecule has 1 atom stereocenters. The lowest BCUT2D eigenvalue weighted by molar-refractivity contribution is -0.142. The van der Waals surface area contributed by atoms with Gasteiger partial charge in [0.05, 0.1) is 5.56 Å². The number of rotatable bonds is 2. The molecule has 29 heavy (non-hydrogen) atoms. The third kappa shape index (κ3) is 4.06. The smallest absolute Gasteiger partial charge is 0.339 e. The molecule has 3 amide bonds. The van der Waals surface area contributed by atoms with Crippen LogP contribution in [0.1, 0.15) is 15.9 Å². The van der Waals surface area contributed by atoms with E-state index >= 15 is 0 Å². The number of hydrogen-bond donors (Lipinski definition) is 1. The first kappa shape index (κ1) is 18.9. The summed E-state index contributed by atoms with van der Waals surface area (Å²) in [5.41, 5.74) is 1.81. The number of benzene rings is 2. The van der Waals surface area contributed by atoms with Crippen molar-refractivity contribution in [2.75, 3.05) is 31.5 Å². The lowest BCUT2D eigenvalue weighted by Gasteiger charge is -2.36.